The van der Waals surface area contributed by atoms with Gasteiger partial charge in [0.25, 0.3) is 0 Å². The smallest absolute Gasteiger partial charge is 0.0283 e. The highest BCUT2D eigenvalue weighted by Gasteiger charge is 1.74. The third-order valence-corrected chi connectivity index (χ3v) is 0.618. The van der Waals surface area contributed by atoms with Gasteiger partial charge in [-0.25, -0.2) is 0 Å². The van der Waals surface area contributed by atoms with Crippen LogP contribution < -0.4 is 0 Å². The van der Waals surface area contributed by atoms with Crippen molar-refractivity contribution in [3.63, 3.8) is 0 Å². The minimum absolute atomic E-state index is 0.563. The van der Waals surface area contributed by atoms with Crippen LogP contribution in [0.15, 0.2) is 24.3 Å². The first-order valence-corrected chi connectivity index (χ1v) is 2.51. The van der Waals surface area contributed by atoms with Crippen molar-refractivity contribution >= 4 is 5.71 Å². The summed E-state index contributed by atoms with van der Waals surface area (Å²) >= 11 is 0. The van der Waals surface area contributed by atoms with Crippen LogP contribution in [0.2, 0.25) is 0 Å². The van der Waals surface area contributed by atoms with Crippen LogP contribution in [0.1, 0.15) is 13.8 Å². The van der Waals surface area contributed by atoms with Crippen LogP contribution >= 0.6 is 0 Å². The van der Waals surface area contributed by atoms with Gasteiger partial charge in [-0.2, -0.15) is 0 Å². The van der Waals surface area contributed by atoms with Crippen molar-refractivity contribution in [2.75, 3.05) is 0 Å². The molecule has 0 aromatic rings. The highest BCUT2D eigenvalue weighted by atomic mass is 14.4. The van der Waals surface area contributed by atoms with Gasteiger partial charge in [-0.15, -0.1) is 0 Å². The van der Waals surface area contributed by atoms with Crippen molar-refractivity contribution in [1.82, 2.24) is 0 Å². The van der Waals surface area contributed by atoms with Crippen LogP contribution in [0.5, 0.6) is 0 Å². The van der Waals surface area contributed by atoms with Crippen molar-refractivity contribution in [3.05, 3.63) is 24.3 Å². The fourth-order valence-electron chi connectivity index (χ4n) is 0.267. The van der Waals surface area contributed by atoms with Gasteiger partial charge in [0.1, 0.15) is 0 Å². The summed E-state index contributed by atoms with van der Waals surface area (Å²) in [4.78, 5) is 0. The lowest BCUT2D eigenvalue weighted by molar-refractivity contribution is 1.48. The molecule has 44 valence electrons. The van der Waals surface area contributed by atoms with Gasteiger partial charge in [-0.1, -0.05) is 18.2 Å². The molecule has 0 spiro atoms. The van der Waals surface area contributed by atoms with Gasteiger partial charge in [0, 0.05) is 5.71 Å². The van der Waals surface area contributed by atoms with Gasteiger partial charge in [0.2, 0.25) is 0 Å². The van der Waals surface area contributed by atoms with Crippen LogP contribution in [0.4, 0.5) is 0 Å². The molecule has 0 rings (SSSR count). The molecule has 0 aliphatic heterocycles. The average Bonchev–Trinajstić information content (AvgIpc) is 1.61. The van der Waals surface area contributed by atoms with Gasteiger partial charge >= 0.3 is 0 Å². The third-order valence-electron chi connectivity index (χ3n) is 0.618. The highest BCUT2D eigenvalue weighted by molar-refractivity contribution is 5.90. The van der Waals surface area contributed by atoms with Crippen LogP contribution in [-0.4, -0.2) is 5.71 Å². The van der Waals surface area contributed by atoms with Gasteiger partial charge in [0.05, 0.1) is 0 Å². The molecule has 0 aliphatic rings. The molecular weight excluding hydrogens is 98.1 g/mol. The minimum Gasteiger partial charge on any atom is -0.306 e. The van der Waals surface area contributed by atoms with E-state index >= 15 is 0 Å². The maximum absolute atomic E-state index is 6.96. The van der Waals surface area contributed by atoms with Crippen LogP contribution in [-0.2, 0) is 0 Å². The zero-order chi connectivity index (χ0) is 6.57. The van der Waals surface area contributed by atoms with Crippen molar-refractivity contribution in [1.29, 1.82) is 5.41 Å². The van der Waals surface area contributed by atoms with E-state index in [0.717, 1.165) is 5.57 Å². The molecule has 0 saturated heterocycles. The Kier molecular flexibility index (Phi) is 2.85. The van der Waals surface area contributed by atoms with Crippen LogP contribution in [0, 0.1) is 5.41 Å². The van der Waals surface area contributed by atoms with E-state index in [9.17, 15) is 0 Å². The summed E-state index contributed by atoms with van der Waals surface area (Å²) in [5.74, 6) is 0. The summed E-state index contributed by atoms with van der Waals surface area (Å²) in [6, 6.07) is 0. The number of rotatable bonds is 2. The SMILES string of the molecule is C=C(C)/C=C\C(C)=N. The molecule has 0 fully saturated rings. The molecule has 0 saturated carbocycles. The molecular formula is C7H11N. The Morgan fingerprint density at radius 1 is 1.38 bits per heavy atom. The summed E-state index contributed by atoms with van der Waals surface area (Å²) in [6.07, 6.45) is 3.55. The third kappa shape index (κ3) is 5.15. The monoisotopic (exact) mass is 109 g/mol. The van der Waals surface area contributed by atoms with E-state index in [0.29, 0.717) is 5.71 Å². The molecule has 1 heteroatoms. The van der Waals surface area contributed by atoms with Crippen molar-refractivity contribution < 1.29 is 0 Å². The predicted octanol–water partition coefficient (Wildman–Crippen LogP) is 2.16. The Hall–Kier alpha value is -0.850. The molecule has 1 nitrogen and oxygen atoms in total. The summed E-state index contributed by atoms with van der Waals surface area (Å²) in [7, 11) is 0. The van der Waals surface area contributed by atoms with E-state index in [1.807, 2.05) is 13.0 Å². The Balaban J connectivity index is 3.67. The summed E-state index contributed by atoms with van der Waals surface area (Å²) < 4.78 is 0. The van der Waals surface area contributed by atoms with Gasteiger partial charge in [0.15, 0.2) is 0 Å². The zero-order valence-corrected chi connectivity index (χ0v) is 5.36. The Morgan fingerprint density at radius 3 is 2.00 bits per heavy atom. The normalized spacial score (nSPS) is 9.75. The maximum atomic E-state index is 6.96. The number of hydrogen-bond donors (Lipinski definition) is 1. The number of hydrogen-bond acceptors (Lipinski definition) is 1. The zero-order valence-electron chi connectivity index (χ0n) is 5.36. The highest BCUT2D eigenvalue weighted by Crippen LogP contribution is 1.87. The molecule has 1 N–H and O–H groups in total. The number of nitrogens with one attached hydrogen (secondary N) is 1. The first kappa shape index (κ1) is 7.15. The van der Waals surface area contributed by atoms with Gasteiger partial charge in [-0.05, 0) is 19.9 Å². The standard InChI is InChI=1S/C7H11N/c1-6(2)4-5-7(3)8/h4-5,8H,1H2,2-3H3/b5-4-,8-7?. The topological polar surface area (TPSA) is 23.9 Å². The van der Waals surface area contributed by atoms with Gasteiger partial charge in [-0.3, -0.25) is 0 Å². The Morgan fingerprint density at radius 2 is 1.88 bits per heavy atom. The average molecular weight is 109 g/mol. The molecule has 0 atom stereocenters. The molecule has 0 unspecified atom stereocenters. The fourth-order valence-corrected chi connectivity index (χ4v) is 0.267. The summed E-state index contributed by atoms with van der Waals surface area (Å²) in [5.41, 5.74) is 1.55. The Bertz CT molecular complexity index is 115. The van der Waals surface area contributed by atoms with E-state index in [1.54, 1.807) is 13.0 Å². The second-order valence-electron chi connectivity index (χ2n) is 1.86. The fraction of sp³-hybridized carbons (Fsp3) is 0.286. The number of allylic oxidation sites excluding steroid dienone is 3. The molecule has 0 radical (unpaired) electrons. The molecule has 0 heterocycles. The first-order chi connectivity index (χ1) is 3.63. The van der Waals surface area contributed by atoms with Crippen molar-refractivity contribution in [3.8, 4) is 0 Å². The molecule has 0 aliphatic carbocycles. The van der Waals surface area contributed by atoms with E-state index < -0.39 is 0 Å². The first-order valence-electron chi connectivity index (χ1n) is 2.51. The van der Waals surface area contributed by atoms with Crippen LogP contribution in [0.25, 0.3) is 0 Å². The van der Waals surface area contributed by atoms with Crippen molar-refractivity contribution in [2.24, 2.45) is 0 Å². The van der Waals surface area contributed by atoms with Crippen LogP contribution in [0.3, 0.4) is 0 Å². The quantitative estimate of drug-likeness (QED) is 0.415. The van der Waals surface area contributed by atoms with E-state index in [1.165, 1.54) is 0 Å². The summed E-state index contributed by atoms with van der Waals surface area (Å²) in [5, 5.41) is 6.96. The Labute approximate surface area is 50.2 Å². The lowest BCUT2D eigenvalue weighted by Gasteiger charge is -1.82. The lowest BCUT2D eigenvalue weighted by Crippen LogP contribution is -1.77. The van der Waals surface area contributed by atoms with E-state index in [2.05, 4.69) is 6.58 Å². The van der Waals surface area contributed by atoms with Gasteiger partial charge < -0.3 is 5.41 Å². The predicted molar refractivity (Wildman–Crippen MR) is 37.4 cm³/mol. The van der Waals surface area contributed by atoms with Crippen molar-refractivity contribution in [2.45, 2.75) is 13.8 Å². The molecule has 0 aromatic carbocycles. The summed E-state index contributed by atoms with van der Waals surface area (Å²) in [6.45, 7) is 7.28. The molecule has 0 bridgehead atoms. The maximum Gasteiger partial charge on any atom is 0.0283 e. The van der Waals surface area contributed by atoms with E-state index in [-0.39, 0.29) is 0 Å². The lowest BCUT2D eigenvalue weighted by atomic mass is 10.3. The molecule has 0 amide bonds. The van der Waals surface area contributed by atoms with E-state index in [4.69, 9.17) is 5.41 Å². The largest absolute Gasteiger partial charge is 0.306 e. The minimum atomic E-state index is 0.563. The molecule has 0 aromatic heterocycles. The molecule has 8 heavy (non-hydrogen) atoms. The second kappa shape index (κ2) is 3.19. The second-order valence-corrected chi connectivity index (χ2v) is 1.86.